The molecule has 3 rings (SSSR count). The third-order valence-corrected chi connectivity index (χ3v) is 5.23. The summed E-state index contributed by atoms with van der Waals surface area (Å²) in [6.45, 7) is 0.306. The first-order chi connectivity index (χ1) is 10.1. The summed E-state index contributed by atoms with van der Waals surface area (Å²) in [5.41, 5.74) is 0.817. The zero-order valence-corrected chi connectivity index (χ0v) is 12.6. The Bertz CT molecular complexity index is 793. The molecule has 3 aromatic rings. The van der Waals surface area contributed by atoms with Crippen molar-refractivity contribution in [1.82, 2.24) is 14.5 Å². The lowest BCUT2D eigenvalue weighted by Crippen LogP contribution is -2.22. The van der Waals surface area contributed by atoms with Crippen molar-refractivity contribution in [2.75, 3.05) is 0 Å². The SMILES string of the molecule is O=S(=O)(NCc1cccs1)c1ccc(-n2cccn2)cc1. The lowest BCUT2D eigenvalue weighted by molar-refractivity contribution is 0.582. The molecule has 0 radical (unpaired) electrons. The zero-order chi connectivity index (χ0) is 14.7. The van der Waals surface area contributed by atoms with Crippen LogP contribution in [-0.4, -0.2) is 18.2 Å². The number of rotatable bonds is 5. The van der Waals surface area contributed by atoms with Gasteiger partial charge in [0.1, 0.15) is 0 Å². The van der Waals surface area contributed by atoms with E-state index in [1.807, 2.05) is 23.6 Å². The van der Waals surface area contributed by atoms with Gasteiger partial charge >= 0.3 is 0 Å². The van der Waals surface area contributed by atoms with Crippen LogP contribution in [0.4, 0.5) is 0 Å². The Morgan fingerprint density at radius 3 is 2.57 bits per heavy atom. The van der Waals surface area contributed by atoms with E-state index in [9.17, 15) is 8.42 Å². The third kappa shape index (κ3) is 3.21. The first kappa shape index (κ1) is 14.0. The number of nitrogens with one attached hydrogen (secondary N) is 1. The standard InChI is InChI=1S/C14H13N3O2S2/c18-21(19,16-11-13-3-1-10-20-13)14-6-4-12(5-7-14)17-9-2-8-15-17/h1-10,16H,11H2. The van der Waals surface area contributed by atoms with Gasteiger partial charge in [0.25, 0.3) is 0 Å². The Balaban J connectivity index is 1.76. The van der Waals surface area contributed by atoms with Gasteiger partial charge in [-0.3, -0.25) is 0 Å². The Labute approximate surface area is 126 Å². The minimum atomic E-state index is -3.49. The predicted octanol–water partition coefficient (Wildman–Crippen LogP) is 2.41. The molecular formula is C14H13N3O2S2. The fourth-order valence-corrected chi connectivity index (χ4v) is 3.60. The van der Waals surface area contributed by atoms with E-state index in [4.69, 9.17) is 0 Å². The maximum absolute atomic E-state index is 12.2. The average molecular weight is 319 g/mol. The molecule has 5 nitrogen and oxygen atoms in total. The van der Waals surface area contributed by atoms with Crippen molar-refractivity contribution in [3.63, 3.8) is 0 Å². The molecule has 21 heavy (non-hydrogen) atoms. The number of thiophene rings is 1. The Morgan fingerprint density at radius 1 is 1.14 bits per heavy atom. The average Bonchev–Trinajstić information content (AvgIpc) is 3.19. The highest BCUT2D eigenvalue weighted by atomic mass is 32.2. The van der Waals surface area contributed by atoms with Crippen LogP contribution < -0.4 is 4.72 Å². The molecule has 2 aromatic heterocycles. The number of nitrogens with zero attached hydrogens (tertiary/aromatic N) is 2. The van der Waals surface area contributed by atoms with Crippen LogP contribution in [0.1, 0.15) is 4.88 Å². The van der Waals surface area contributed by atoms with Crippen LogP contribution in [0.25, 0.3) is 5.69 Å². The second kappa shape index (κ2) is 5.80. The Kier molecular flexibility index (Phi) is 3.87. The maximum atomic E-state index is 12.2. The molecule has 0 aliphatic carbocycles. The van der Waals surface area contributed by atoms with E-state index < -0.39 is 10.0 Å². The molecule has 1 aromatic carbocycles. The van der Waals surface area contributed by atoms with Crippen LogP contribution >= 0.6 is 11.3 Å². The second-order valence-electron chi connectivity index (χ2n) is 4.35. The van der Waals surface area contributed by atoms with Crippen molar-refractivity contribution in [3.05, 3.63) is 65.1 Å². The van der Waals surface area contributed by atoms with E-state index in [-0.39, 0.29) is 4.90 Å². The summed E-state index contributed by atoms with van der Waals surface area (Å²) in [6.07, 6.45) is 3.48. The van der Waals surface area contributed by atoms with E-state index in [0.717, 1.165) is 10.6 Å². The first-order valence-electron chi connectivity index (χ1n) is 6.27. The summed E-state index contributed by atoms with van der Waals surface area (Å²) in [4.78, 5) is 1.22. The molecule has 108 valence electrons. The van der Waals surface area contributed by atoms with Gasteiger partial charge in [-0.25, -0.2) is 17.8 Å². The molecule has 1 N–H and O–H groups in total. The minimum absolute atomic E-state index is 0.245. The number of hydrogen-bond acceptors (Lipinski definition) is 4. The third-order valence-electron chi connectivity index (χ3n) is 2.93. The van der Waals surface area contributed by atoms with Crippen molar-refractivity contribution >= 4 is 21.4 Å². The molecule has 0 saturated heterocycles. The van der Waals surface area contributed by atoms with Gasteiger partial charge in [-0.15, -0.1) is 11.3 Å². The summed E-state index contributed by atoms with van der Waals surface area (Å²) >= 11 is 1.52. The van der Waals surface area contributed by atoms with Crippen LogP contribution in [0, 0.1) is 0 Å². The highest BCUT2D eigenvalue weighted by Crippen LogP contribution is 2.14. The van der Waals surface area contributed by atoms with Crippen molar-refractivity contribution in [1.29, 1.82) is 0 Å². The fourth-order valence-electron chi connectivity index (χ4n) is 1.86. The molecule has 0 atom stereocenters. The predicted molar refractivity (Wildman–Crippen MR) is 81.9 cm³/mol. The van der Waals surface area contributed by atoms with E-state index >= 15 is 0 Å². The number of hydrogen-bond donors (Lipinski definition) is 1. The van der Waals surface area contributed by atoms with Gasteiger partial charge in [-0.1, -0.05) is 6.07 Å². The van der Waals surface area contributed by atoms with Crippen molar-refractivity contribution in [3.8, 4) is 5.69 Å². The Hall–Kier alpha value is -1.96. The largest absolute Gasteiger partial charge is 0.241 e. The number of sulfonamides is 1. The summed E-state index contributed by atoms with van der Waals surface area (Å²) in [5.74, 6) is 0. The highest BCUT2D eigenvalue weighted by molar-refractivity contribution is 7.89. The van der Waals surface area contributed by atoms with Crippen LogP contribution in [-0.2, 0) is 16.6 Å². The lowest BCUT2D eigenvalue weighted by Gasteiger charge is -2.07. The molecule has 0 spiro atoms. The quantitative estimate of drug-likeness (QED) is 0.785. The molecular weight excluding hydrogens is 306 g/mol. The maximum Gasteiger partial charge on any atom is 0.240 e. The molecule has 7 heteroatoms. The van der Waals surface area contributed by atoms with Crippen molar-refractivity contribution < 1.29 is 8.42 Å². The normalized spacial score (nSPS) is 11.6. The van der Waals surface area contributed by atoms with Crippen LogP contribution in [0.15, 0.2) is 65.1 Å². The smallest absolute Gasteiger partial charge is 0.240 e. The summed E-state index contributed by atoms with van der Waals surface area (Å²) in [7, 11) is -3.49. The molecule has 0 unspecified atom stereocenters. The highest BCUT2D eigenvalue weighted by Gasteiger charge is 2.13. The first-order valence-corrected chi connectivity index (χ1v) is 8.63. The molecule has 2 heterocycles. The molecule has 0 fully saturated rings. The van der Waals surface area contributed by atoms with E-state index in [0.29, 0.717) is 6.54 Å². The Morgan fingerprint density at radius 2 is 1.95 bits per heavy atom. The molecule has 0 amide bonds. The van der Waals surface area contributed by atoms with Crippen LogP contribution in [0.3, 0.4) is 0 Å². The topological polar surface area (TPSA) is 64.0 Å². The van der Waals surface area contributed by atoms with E-state index in [2.05, 4.69) is 9.82 Å². The lowest BCUT2D eigenvalue weighted by atomic mass is 10.3. The van der Waals surface area contributed by atoms with Gasteiger partial charge in [-0.2, -0.15) is 5.10 Å². The van der Waals surface area contributed by atoms with Gasteiger partial charge in [0.2, 0.25) is 10.0 Å². The van der Waals surface area contributed by atoms with Crippen molar-refractivity contribution in [2.45, 2.75) is 11.4 Å². The van der Waals surface area contributed by atoms with Gasteiger partial charge in [-0.05, 0) is 41.8 Å². The van der Waals surface area contributed by atoms with Crippen molar-refractivity contribution in [2.24, 2.45) is 0 Å². The van der Waals surface area contributed by atoms with E-state index in [1.165, 1.54) is 11.3 Å². The zero-order valence-electron chi connectivity index (χ0n) is 11.0. The molecule has 0 aliphatic heterocycles. The van der Waals surface area contributed by atoms with Gasteiger partial charge in [0, 0.05) is 23.8 Å². The van der Waals surface area contributed by atoms with Gasteiger partial charge in [0.05, 0.1) is 10.6 Å². The molecule has 0 saturated carbocycles. The summed E-state index contributed by atoms with van der Waals surface area (Å²) in [6, 6.07) is 12.2. The van der Waals surface area contributed by atoms with Gasteiger partial charge in [0.15, 0.2) is 0 Å². The summed E-state index contributed by atoms with van der Waals surface area (Å²) in [5, 5.41) is 6.02. The molecule has 0 bridgehead atoms. The number of aromatic nitrogens is 2. The fraction of sp³-hybridized carbons (Fsp3) is 0.0714. The van der Waals surface area contributed by atoms with Crippen LogP contribution in [0.5, 0.6) is 0 Å². The van der Waals surface area contributed by atoms with Crippen LogP contribution in [0.2, 0.25) is 0 Å². The summed E-state index contributed by atoms with van der Waals surface area (Å²) < 4.78 is 28.7. The molecule has 0 aliphatic rings. The monoisotopic (exact) mass is 319 g/mol. The van der Waals surface area contributed by atoms with E-state index in [1.54, 1.807) is 41.3 Å². The van der Waals surface area contributed by atoms with Gasteiger partial charge < -0.3 is 0 Å². The number of benzene rings is 1. The minimum Gasteiger partial charge on any atom is -0.241 e. The second-order valence-corrected chi connectivity index (χ2v) is 7.15.